The minimum atomic E-state index is -3.28. The monoisotopic (exact) mass is 606 g/mol. The van der Waals surface area contributed by atoms with Crippen LogP contribution in [0.1, 0.15) is 33.4 Å². The molecule has 0 fully saturated rings. The summed E-state index contributed by atoms with van der Waals surface area (Å²) in [4.78, 5) is 0. The summed E-state index contributed by atoms with van der Waals surface area (Å²) in [6, 6.07) is 46.5. The van der Waals surface area contributed by atoms with E-state index in [4.69, 9.17) is 11.1 Å². The predicted octanol–water partition coefficient (Wildman–Crippen LogP) is 9.74. The average Bonchev–Trinajstić information content (AvgIpc) is 3.01. The van der Waals surface area contributed by atoms with E-state index in [1.54, 1.807) is 0 Å². The van der Waals surface area contributed by atoms with Crippen molar-refractivity contribution in [1.82, 2.24) is 0 Å². The molecule has 0 aliphatic carbocycles. The zero-order chi connectivity index (χ0) is 31.0. The third-order valence-electron chi connectivity index (χ3n) is 8.74. The van der Waals surface area contributed by atoms with E-state index in [0.29, 0.717) is 0 Å². The summed E-state index contributed by atoms with van der Waals surface area (Å²) >= 11 is 8.75. The van der Waals surface area contributed by atoms with Crippen molar-refractivity contribution >= 4 is 34.0 Å². The van der Waals surface area contributed by atoms with Gasteiger partial charge in [0.2, 0.25) is 7.38 Å². The Kier molecular flexibility index (Phi) is 8.20. The average molecular weight is 607 g/mol. The quantitative estimate of drug-likeness (QED) is 0.101. The van der Waals surface area contributed by atoms with Gasteiger partial charge in [-0.15, -0.1) is 11.1 Å². The minimum absolute atomic E-state index is 1.20. The summed E-state index contributed by atoms with van der Waals surface area (Å²) < 4.78 is 0. The van der Waals surface area contributed by atoms with Crippen molar-refractivity contribution in [1.29, 1.82) is 0 Å². The molecule has 0 amide bonds. The van der Waals surface area contributed by atoms with Gasteiger partial charge in [0.25, 0.3) is 0 Å². The normalized spacial score (nSPS) is 11.5. The standard InChI is InChI=1S/C42H39ClSi/c1-28-22-31(4)40(34-16-10-7-11-17-34)37(25-28)44(43,38-26-29(2)23-32(5)41(38)35-18-12-8-13-19-35)39-27-30(3)24-33(6)42(39)36-20-14-9-15-21-36/h7-27H,1-6H3. The molecule has 0 N–H and O–H groups in total. The van der Waals surface area contributed by atoms with Gasteiger partial charge in [-0.05, 0) is 107 Å². The fourth-order valence-corrected chi connectivity index (χ4v) is 12.7. The fraction of sp³-hybridized carbons (Fsp3) is 0.143. The summed E-state index contributed by atoms with van der Waals surface area (Å²) in [5.41, 5.74) is 14.8. The van der Waals surface area contributed by atoms with E-state index in [2.05, 4.69) is 169 Å². The van der Waals surface area contributed by atoms with Crippen LogP contribution < -0.4 is 15.6 Å². The molecule has 44 heavy (non-hydrogen) atoms. The molecule has 0 spiro atoms. The van der Waals surface area contributed by atoms with Gasteiger partial charge in [0.15, 0.2) is 0 Å². The van der Waals surface area contributed by atoms with Gasteiger partial charge in [0, 0.05) is 0 Å². The first-order chi connectivity index (χ1) is 21.2. The van der Waals surface area contributed by atoms with Crippen LogP contribution in [-0.4, -0.2) is 7.38 Å². The Morgan fingerprint density at radius 1 is 0.364 bits per heavy atom. The molecule has 0 aliphatic heterocycles. The maximum Gasteiger partial charge on any atom is 0.249 e. The first kappa shape index (κ1) is 29.9. The van der Waals surface area contributed by atoms with Crippen molar-refractivity contribution in [3.05, 3.63) is 161 Å². The second-order valence-corrected chi connectivity index (χ2v) is 16.9. The van der Waals surface area contributed by atoms with Crippen LogP contribution in [0.15, 0.2) is 127 Å². The third-order valence-corrected chi connectivity index (χ3v) is 14.0. The predicted molar refractivity (Wildman–Crippen MR) is 195 cm³/mol. The molecule has 0 unspecified atom stereocenters. The van der Waals surface area contributed by atoms with Gasteiger partial charge in [0.1, 0.15) is 0 Å². The van der Waals surface area contributed by atoms with E-state index in [9.17, 15) is 0 Å². The van der Waals surface area contributed by atoms with Crippen LogP contribution in [0, 0.1) is 41.5 Å². The number of hydrogen-bond acceptors (Lipinski definition) is 0. The van der Waals surface area contributed by atoms with Gasteiger partial charge >= 0.3 is 0 Å². The lowest BCUT2D eigenvalue weighted by atomic mass is 9.98. The van der Waals surface area contributed by atoms with Crippen LogP contribution in [0.3, 0.4) is 0 Å². The van der Waals surface area contributed by atoms with Gasteiger partial charge in [-0.3, -0.25) is 0 Å². The lowest BCUT2D eigenvalue weighted by molar-refractivity contribution is 1.38. The summed E-state index contributed by atoms with van der Waals surface area (Å²) in [7, 11) is -3.28. The number of halogens is 1. The first-order valence-electron chi connectivity index (χ1n) is 15.4. The Hall–Kier alpha value is -4.17. The fourth-order valence-electron chi connectivity index (χ4n) is 7.12. The molecule has 0 nitrogen and oxygen atoms in total. The molecule has 0 aromatic heterocycles. The highest BCUT2D eigenvalue weighted by Gasteiger charge is 2.44. The van der Waals surface area contributed by atoms with Gasteiger partial charge in [-0.1, -0.05) is 144 Å². The zero-order valence-electron chi connectivity index (χ0n) is 26.5. The van der Waals surface area contributed by atoms with Crippen molar-refractivity contribution in [2.24, 2.45) is 0 Å². The van der Waals surface area contributed by atoms with Crippen molar-refractivity contribution in [3.63, 3.8) is 0 Å². The van der Waals surface area contributed by atoms with Crippen LogP contribution >= 0.6 is 11.1 Å². The lowest BCUT2D eigenvalue weighted by Gasteiger charge is -2.35. The van der Waals surface area contributed by atoms with E-state index in [-0.39, 0.29) is 0 Å². The Morgan fingerprint density at radius 3 is 0.864 bits per heavy atom. The van der Waals surface area contributed by atoms with Gasteiger partial charge in [0.05, 0.1) is 0 Å². The van der Waals surface area contributed by atoms with E-state index in [0.717, 1.165) is 0 Å². The molecule has 0 radical (unpaired) electrons. The molecular formula is C42H39ClSi. The summed E-state index contributed by atoms with van der Waals surface area (Å²) in [5, 5.41) is 3.73. The number of rotatable bonds is 6. The maximum atomic E-state index is 8.75. The van der Waals surface area contributed by atoms with Gasteiger partial charge in [-0.25, -0.2) is 0 Å². The molecule has 0 bridgehead atoms. The van der Waals surface area contributed by atoms with E-state index in [1.807, 2.05) is 0 Å². The summed E-state index contributed by atoms with van der Waals surface area (Å²) in [6.07, 6.45) is 0. The van der Waals surface area contributed by atoms with Crippen LogP contribution in [-0.2, 0) is 0 Å². The van der Waals surface area contributed by atoms with E-state index >= 15 is 0 Å². The second-order valence-electron chi connectivity index (χ2n) is 12.3. The second kappa shape index (κ2) is 12.1. The number of hydrogen-bond donors (Lipinski definition) is 0. The third kappa shape index (κ3) is 5.36. The maximum absolute atomic E-state index is 8.75. The molecule has 6 rings (SSSR count). The summed E-state index contributed by atoms with van der Waals surface area (Å²) in [6.45, 7) is 13.3. The topological polar surface area (TPSA) is 0 Å². The van der Waals surface area contributed by atoms with Crippen LogP contribution in [0.2, 0.25) is 0 Å². The molecule has 0 saturated heterocycles. The number of aryl methyl sites for hydroxylation is 6. The first-order valence-corrected chi connectivity index (χ1v) is 18.4. The molecule has 0 atom stereocenters. The zero-order valence-corrected chi connectivity index (χ0v) is 28.3. The molecule has 0 heterocycles. The Bertz CT molecular complexity index is 1730. The highest BCUT2D eigenvalue weighted by Crippen LogP contribution is 2.34. The van der Waals surface area contributed by atoms with Crippen molar-refractivity contribution in [3.8, 4) is 33.4 Å². The molecular weight excluding hydrogens is 568 g/mol. The summed E-state index contributed by atoms with van der Waals surface area (Å²) in [5.74, 6) is 0. The molecule has 2 heteroatoms. The van der Waals surface area contributed by atoms with Crippen LogP contribution in [0.5, 0.6) is 0 Å². The molecule has 218 valence electrons. The molecule has 6 aromatic carbocycles. The van der Waals surface area contributed by atoms with E-state index < -0.39 is 7.38 Å². The van der Waals surface area contributed by atoms with Crippen LogP contribution in [0.4, 0.5) is 0 Å². The molecule has 0 aliphatic rings. The van der Waals surface area contributed by atoms with Gasteiger partial charge in [-0.2, -0.15) is 0 Å². The van der Waals surface area contributed by atoms with Crippen molar-refractivity contribution < 1.29 is 0 Å². The minimum Gasteiger partial charge on any atom is -0.149 e. The SMILES string of the molecule is Cc1cc(C)c(-c2ccccc2)c([Si](Cl)(c2cc(C)cc(C)c2-c2ccccc2)c2cc(C)cc(C)c2-c2ccccc2)c1. The lowest BCUT2D eigenvalue weighted by Crippen LogP contribution is -2.65. The van der Waals surface area contributed by atoms with E-state index in [1.165, 1.54) is 82.3 Å². The Labute approximate surface area is 268 Å². The van der Waals surface area contributed by atoms with Crippen molar-refractivity contribution in [2.75, 3.05) is 0 Å². The smallest absolute Gasteiger partial charge is 0.149 e. The molecule has 6 aromatic rings. The highest BCUT2D eigenvalue weighted by molar-refractivity contribution is 7.41. The highest BCUT2D eigenvalue weighted by atomic mass is 35.6. The Balaban J connectivity index is 1.86. The molecule has 0 saturated carbocycles. The van der Waals surface area contributed by atoms with Crippen LogP contribution in [0.25, 0.3) is 33.4 Å². The number of benzene rings is 6. The largest absolute Gasteiger partial charge is 0.249 e. The van der Waals surface area contributed by atoms with Crippen molar-refractivity contribution in [2.45, 2.75) is 41.5 Å². The Morgan fingerprint density at radius 2 is 0.614 bits per heavy atom. The van der Waals surface area contributed by atoms with Gasteiger partial charge < -0.3 is 0 Å².